The van der Waals surface area contributed by atoms with Gasteiger partial charge in [0.2, 0.25) is 5.88 Å². The topological polar surface area (TPSA) is 90.8 Å². The van der Waals surface area contributed by atoms with Crippen molar-refractivity contribution in [3.05, 3.63) is 41.6 Å². The van der Waals surface area contributed by atoms with E-state index in [2.05, 4.69) is 14.9 Å². The van der Waals surface area contributed by atoms with Crippen LogP contribution in [0.1, 0.15) is 16.1 Å². The van der Waals surface area contributed by atoms with Gasteiger partial charge in [0.05, 0.1) is 13.7 Å². The highest BCUT2D eigenvalue weighted by Crippen LogP contribution is 2.26. The summed E-state index contributed by atoms with van der Waals surface area (Å²) in [4.78, 5) is 11.3. The molecule has 1 aromatic heterocycles. The van der Waals surface area contributed by atoms with Gasteiger partial charge in [-0.3, -0.25) is 0 Å². The fraction of sp³-hybridized carbons (Fsp3) is 0.154. The number of aromatic nitrogens is 2. The molecule has 0 fully saturated rings. The number of benzene rings is 1. The largest absolute Gasteiger partial charge is 0.491 e. The van der Waals surface area contributed by atoms with Gasteiger partial charge < -0.3 is 19.2 Å². The molecule has 2 aromatic rings. The molecule has 0 atom stereocenters. The van der Waals surface area contributed by atoms with Gasteiger partial charge in [-0.25, -0.2) is 4.79 Å². The monoisotopic (exact) mass is 286 g/mol. The molecule has 8 heteroatoms. The fourth-order valence-corrected chi connectivity index (χ4v) is 2.02. The smallest absolute Gasteiger partial charge is 0.464 e. The number of hydrogen-bond acceptors (Lipinski definition) is 7. The molecule has 1 N–H and O–H groups in total. The van der Waals surface area contributed by atoms with E-state index in [9.17, 15) is 9.82 Å². The maximum absolute atomic E-state index is 11.3. The molecule has 0 spiro atoms. The van der Waals surface area contributed by atoms with Crippen LogP contribution in [0.3, 0.4) is 0 Å². The molecule has 3 rings (SSSR count). The number of methoxy groups -OCH3 is 1. The number of fused-ring (bicyclic) bond motifs is 1. The number of nitrogens with zero attached hydrogens (tertiary/aromatic N) is 2. The zero-order chi connectivity index (χ0) is 14.8. The van der Waals surface area contributed by atoms with Crippen molar-refractivity contribution in [1.29, 1.82) is 0 Å². The van der Waals surface area contributed by atoms with Gasteiger partial charge in [0.15, 0.2) is 5.69 Å². The number of ether oxygens (including phenoxy) is 2. The van der Waals surface area contributed by atoms with Gasteiger partial charge in [-0.2, -0.15) is 0 Å². The number of rotatable bonds is 3. The van der Waals surface area contributed by atoms with E-state index in [0.717, 1.165) is 5.56 Å². The maximum Gasteiger partial charge on any atom is 0.491 e. The lowest BCUT2D eigenvalue weighted by molar-refractivity contribution is 0.0592. The Morgan fingerprint density at radius 2 is 2.19 bits per heavy atom. The van der Waals surface area contributed by atoms with Crippen LogP contribution in [0.15, 0.2) is 30.3 Å². The molecule has 0 saturated heterocycles. The van der Waals surface area contributed by atoms with E-state index in [-0.39, 0.29) is 18.2 Å². The van der Waals surface area contributed by atoms with Gasteiger partial charge in [-0.1, -0.05) is 12.1 Å². The quantitative estimate of drug-likeness (QED) is 0.639. The van der Waals surface area contributed by atoms with Crippen molar-refractivity contribution in [2.24, 2.45) is 0 Å². The van der Waals surface area contributed by atoms with Gasteiger partial charge in [-0.05, 0) is 17.6 Å². The fourth-order valence-electron chi connectivity index (χ4n) is 2.02. The molecular formula is C13H11BN2O5. The van der Waals surface area contributed by atoms with Crippen molar-refractivity contribution in [3.8, 4) is 11.6 Å². The van der Waals surface area contributed by atoms with E-state index < -0.39 is 13.1 Å². The van der Waals surface area contributed by atoms with E-state index >= 15 is 0 Å². The van der Waals surface area contributed by atoms with Crippen LogP contribution in [0, 0.1) is 0 Å². The highest BCUT2D eigenvalue weighted by molar-refractivity contribution is 6.61. The van der Waals surface area contributed by atoms with E-state index in [1.807, 2.05) is 0 Å². The minimum absolute atomic E-state index is 0.0990. The second-order valence-corrected chi connectivity index (χ2v) is 4.34. The van der Waals surface area contributed by atoms with E-state index in [0.29, 0.717) is 11.2 Å². The van der Waals surface area contributed by atoms with Crippen molar-refractivity contribution in [2.45, 2.75) is 6.61 Å². The average molecular weight is 286 g/mol. The van der Waals surface area contributed by atoms with Crippen LogP contribution in [-0.4, -0.2) is 35.4 Å². The predicted octanol–water partition coefficient (Wildman–Crippen LogP) is 0.273. The lowest BCUT2D eigenvalue weighted by Gasteiger charge is -2.08. The van der Waals surface area contributed by atoms with Crippen LogP contribution >= 0.6 is 0 Å². The van der Waals surface area contributed by atoms with Crippen LogP contribution in [0.2, 0.25) is 0 Å². The van der Waals surface area contributed by atoms with E-state index in [1.165, 1.54) is 19.2 Å². The third-order valence-electron chi connectivity index (χ3n) is 3.07. The summed E-state index contributed by atoms with van der Waals surface area (Å²) in [6, 6.07) is 8.25. The first-order valence-electron chi connectivity index (χ1n) is 6.20. The van der Waals surface area contributed by atoms with Crippen molar-refractivity contribution in [3.63, 3.8) is 0 Å². The number of carbonyl (C=O) groups is 1. The molecule has 2 heterocycles. The third kappa shape index (κ3) is 2.58. The third-order valence-corrected chi connectivity index (χ3v) is 3.07. The molecule has 106 valence electrons. The van der Waals surface area contributed by atoms with Crippen LogP contribution in [0.5, 0.6) is 11.6 Å². The number of carbonyl (C=O) groups excluding carboxylic acids is 1. The Morgan fingerprint density at radius 1 is 1.33 bits per heavy atom. The predicted molar refractivity (Wildman–Crippen MR) is 72.3 cm³/mol. The average Bonchev–Trinajstić information content (AvgIpc) is 2.90. The van der Waals surface area contributed by atoms with Crippen LogP contribution < -0.4 is 10.2 Å². The lowest BCUT2D eigenvalue weighted by atomic mass is 9.79. The van der Waals surface area contributed by atoms with Gasteiger partial charge in [0.25, 0.3) is 0 Å². The Kier molecular flexibility index (Phi) is 3.55. The van der Waals surface area contributed by atoms with Gasteiger partial charge in [0, 0.05) is 11.6 Å². The normalized spacial score (nSPS) is 13.0. The summed E-state index contributed by atoms with van der Waals surface area (Å²) in [6.07, 6.45) is 0. The Hall–Kier alpha value is -2.45. The molecule has 21 heavy (non-hydrogen) atoms. The molecule has 0 radical (unpaired) electrons. The van der Waals surface area contributed by atoms with Crippen molar-refractivity contribution in [2.75, 3.05) is 7.11 Å². The highest BCUT2D eigenvalue weighted by Gasteiger charge is 2.29. The van der Waals surface area contributed by atoms with E-state index in [4.69, 9.17) is 9.39 Å². The van der Waals surface area contributed by atoms with Crippen molar-refractivity contribution in [1.82, 2.24) is 10.2 Å². The minimum atomic E-state index is -0.934. The summed E-state index contributed by atoms with van der Waals surface area (Å²) in [5.41, 5.74) is 1.54. The van der Waals surface area contributed by atoms with Crippen LogP contribution in [0.4, 0.5) is 0 Å². The van der Waals surface area contributed by atoms with Crippen molar-refractivity contribution >= 4 is 18.6 Å². The second-order valence-electron chi connectivity index (χ2n) is 4.34. The van der Waals surface area contributed by atoms with Crippen LogP contribution in [-0.2, 0) is 16.0 Å². The summed E-state index contributed by atoms with van der Waals surface area (Å²) in [5.74, 6) is 0.202. The summed E-state index contributed by atoms with van der Waals surface area (Å²) in [5, 5.41) is 17.2. The first-order chi connectivity index (χ1) is 10.2. The van der Waals surface area contributed by atoms with Gasteiger partial charge >= 0.3 is 13.1 Å². The standard InChI is InChI=1S/C13H11BN2O5/c1-19-13(17)10-5-6-12(16-15-10)21-11-4-2-3-9-8(11)7-20-14(9)18/h2-6,18H,7H2,1H3. The second kappa shape index (κ2) is 5.51. The maximum atomic E-state index is 11.3. The highest BCUT2D eigenvalue weighted by atomic mass is 16.5. The molecule has 0 bridgehead atoms. The minimum Gasteiger partial charge on any atom is -0.464 e. The van der Waals surface area contributed by atoms with E-state index in [1.54, 1.807) is 18.2 Å². The van der Waals surface area contributed by atoms with Crippen LogP contribution in [0.25, 0.3) is 0 Å². The van der Waals surface area contributed by atoms with Gasteiger partial charge in [0.1, 0.15) is 5.75 Å². The molecule has 1 aliphatic rings. The Bertz CT molecular complexity index is 677. The zero-order valence-corrected chi connectivity index (χ0v) is 11.1. The molecule has 0 saturated carbocycles. The molecule has 0 unspecified atom stereocenters. The molecule has 0 amide bonds. The molecular weight excluding hydrogens is 275 g/mol. The molecule has 7 nitrogen and oxygen atoms in total. The first kappa shape index (κ1) is 13.5. The first-order valence-corrected chi connectivity index (χ1v) is 6.20. The molecule has 1 aromatic carbocycles. The summed E-state index contributed by atoms with van der Waals surface area (Å²) in [6.45, 7) is 0.264. The lowest BCUT2D eigenvalue weighted by Crippen LogP contribution is -2.27. The number of hydrogen-bond donors (Lipinski definition) is 1. The molecule has 0 aliphatic carbocycles. The number of esters is 1. The molecule has 1 aliphatic heterocycles. The Balaban J connectivity index is 1.83. The SMILES string of the molecule is COC(=O)c1ccc(Oc2cccc3c2COB3O)nn1. The Labute approximate surface area is 120 Å². The van der Waals surface area contributed by atoms with Crippen molar-refractivity contribution < 1.29 is 23.9 Å². The van der Waals surface area contributed by atoms with Gasteiger partial charge in [-0.15, -0.1) is 10.2 Å². The summed E-state index contributed by atoms with van der Waals surface area (Å²) < 4.78 is 15.3. The summed E-state index contributed by atoms with van der Waals surface area (Å²) >= 11 is 0. The zero-order valence-electron chi connectivity index (χ0n) is 11.1. The summed E-state index contributed by atoms with van der Waals surface area (Å²) in [7, 11) is 0.337. The Morgan fingerprint density at radius 3 is 2.90 bits per heavy atom.